The van der Waals surface area contributed by atoms with E-state index in [1.807, 2.05) is 19.2 Å². The van der Waals surface area contributed by atoms with Crippen LogP contribution in [0.4, 0.5) is 5.82 Å². The van der Waals surface area contributed by atoms with Gasteiger partial charge in [-0.1, -0.05) is 32.3 Å². The van der Waals surface area contributed by atoms with Gasteiger partial charge in [0.05, 0.1) is 12.0 Å². The number of nitrogen functional groups attached to an aromatic ring is 1. The maximum atomic E-state index is 12.2. The van der Waals surface area contributed by atoms with Crippen LogP contribution in [-0.2, 0) is 16.6 Å². The molecule has 3 rings (SSSR count). The van der Waals surface area contributed by atoms with Gasteiger partial charge in [0.1, 0.15) is 11.2 Å². The van der Waals surface area contributed by atoms with Gasteiger partial charge in [0.15, 0.2) is 0 Å². The van der Waals surface area contributed by atoms with Crippen molar-refractivity contribution in [2.24, 2.45) is 0 Å². The van der Waals surface area contributed by atoms with Crippen LogP contribution in [0.2, 0.25) is 0 Å². The fourth-order valence-corrected chi connectivity index (χ4v) is 3.78. The Bertz CT molecular complexity index is 719. The summed E-state index contributed by atoms with van der Waals surface area (Å²) in [5.41, 5.74) is 6.07. The lowest BCUT2D eigenvalue weighted by molar-refractivity contribution is -0.144. The van der Waals surface area contributed by atoms with E-state index < -0.39 is 11.4 Å². The van der Waals surface area contributed by atoms with Gasteiger partial charge < -0.3 is 15.4 Å². The van der Waals surface area contributed by atoms with Crippen molar-refractivity contribution in [1.82, 2.24) is 14.5 Å². The molecule has 1 fully saturated rings. The van der Waals surface area contributed by atoms with E-state index in [4.69, 9.17) is 5.73 Å². The number of aliphatic carboxylic acids is 1. The van der Waals surface area contributed by atoms with E-state index in [-0.39, 0.29) is 0 Å². The second-order valence-corrected chi connectivity index (χ2v) is 7.01. The molecule has 6 heteroatoms. The minimum Gasteiger partial charge on any atom is -0.481 e. The Kier molecular flexibility index (Phi) is 5.06. The molecule has 6 nitrogen and oxygen atoms in total. The van der Waals surface area contributed by atoms with Crippen molar-refractivity contribution in [3.8, 4) is 0 Å². The summed E-state index contributed by atoms with van der Waals surface area (Å²) in [5.74, 6) is -0.413. The molecule has 0 aromatic carbocycles. The predicted octanol–water partition coefficient (Wildman–Crippen LogP) is 3.34. The van der Waals surface area contributed by atoms with E-state index >= 15 is 0 Å². The van der Waals surface area contributed by atoms with E-state index in [0.29, 0.717) is 30.4 Å². The summed E-state index contributed by atoms with van der Waals surface area (Å²) in [7, 11) is 0. The molecule has 0 amide bonds. The largest absolute Gasteiger partial charge is 0.481 e. The van der Waals surface area contributed by atoms with E-state index in [1.165, 1.54) is 19.3 Å². The molecule has 134 valence electrons. The van der Waals surface area contributed by atoms with Gasteiger partial charge in [-0.25, -0.2) is 9.97 Å². The molecular formula is C19H26N4O2. The van der Waals surface area contributed by atoms with Gasteiger partial charge in [0.25, 0.3) is 0 Å². The van der Waals surface area contributed by atoms with Crippen LogP contribution in [0.25, 0.3) is 0 Å². The average molecular weight is 342 g/mol. The number of aromatic nitrogens is 3. The van der Waals surface area contributed by atoms with Crippen LogP contribution < -0.4 is 5.73 Å². The van der Waals surface area contributed by atoms with E-state index in [9.17, 15) is 9.90 Å². The van der Waals surface area contributed by atoms with Crippen LogP contribution in [0.3, 0.4) is 0 Å². The fraction of sp³-hybridized carbons (Fsp3) is 0.526. The molecule has 1 saturated carbocycles. The van der Waals surface area contributed by atoms with Gasteiger partial charge in [0.2, 0.25) is 0 Å². The lowest BCUT2D eigenvalue weighted by Crippen LogP contribution is -2.38. The molecule has 1 aliphatic rings. The smallest absolute Gasteiger partial charge is 0.316 e. The first-order valence-electron chi connectivity index (χ1n) is 9.03. The topological polar surface area (TPSA) is 94.0 Å². The van der Waals surface area contributed by atoms with E-state index in [1.54, 1.807) is 18.6 Å². The standard InChI is InChI=1S/C19H26N4O2/c1-2-19(18(24)25,10-14-8-9-17(20)21-11-14)16-12-23(13-22-16)15-6-4-3-5-7-15/h8-9,11-13,15H,2-7,10H2,1H3,(H2,20,21)(H,24,25)/t19-/m1/s1. The summed E-state index contributed by atoms with van der Waals surface area (Å²) in [6.45, 7) is 1.90. The maximum Gasteiger partial charge on any atom is 0.316 e. The second kappa shape index (κ2) is 7.25. The molecule has 0 radical (unpaired) electrons. The summed E-state index contributed by atoms with van der Waals surface area (Å²) in [4.78, 5) is 20.8. The molecule has 2 aromatic heterocycles. The first kappa shape index (κ1) is 17.5. The van der Waals surface area contributed by atoms with Gasteiger partial charge >= 0.3 is 5.97 Å². The van der Waals surface area contributed by atoms with Crippen molar-refractivity contribution in [3.63, 3.8) is 0 Å². The number of imidazole rings is 1. The van der Waals surface area contributed by atoms with Gasteiger partial charge in [-0.05, 0) is 37.3 Å². The molecular weight excluding hydrogens is 316 g/mol. The Labute approximate surface area is 148 Å². The van der Waals surface area contributed by atoms with Crippen molar-refractivity contribution in [1.29, 1.82) is 0 Å². The quantitative estimate of drug-likeness (QED) is 0.839. The predicted molar refractivity (Wildman–Crippen MR) is 96.3 cm³/mol. The highest BCUT2D eigenvalue weighted by Crippen LogP contribution is 2.34. The number of anilines is 1. The first-order chi connectivity index (χ1) is 12.0. The van der Waals surface area contributed by atoms with Crippen LogP contribution >= 0.6 is 0 Å². The molecule has 2 aromatic rings. The minimum absolute atomic E-state index is 0.355. The van der Waals surface area contributed by atoms with Crippen molar-refractivity contribution in [3.05, 3.63) is 42.1 Å². The third-order valence-electron chi connectivity index (χ3n) is 5.45. The molecule has 1 atom stereocenters. The van der Waals surface area contributed by atoms with Gasteiger partial charge in [0, 0.05) is 18.4 Å². The first-order valence-corrected chi connectivity index (χ1v) is 9.03. The lowest BCUT2D eigenvalue weighted by Gasteiger charge is -2.27. The Balaban J connectivity index is 1.91. The van der Waals surface area contributed by atoms with E-state index in [2.05, 4.69) is 14.5 Å². The number of nitrogens with two attached hydrogens (primary N) is 1. The SMILES string of the molecule is CC[C@](Cc1ccc(N)nc1)(C(=O)O)c1cn(C2CCCCC2)cn1. The number of hydrogen-bond acceptors (Lipinski definition) is 4. The summed E-state index contributed by atoms with van der Waals surface area (Å²) >= 11 is 0. The maximum absolute atomic E-state index is 12.2. The van der Waals surface area contributed by atoms with Gasteiger partial charge in [-0.15, -0.1) is 0 Å². The van der Waals surface area contributed by atoms with Gasteiger partial charge in [-0.2, -0.15) is 0 Å². The monoisotopic (exact) mass is 342 g/mol. The van der Waals surface area contributed by atoms with E-state index in [0.717, 1.165) is 18.4 Å². The number of carbonyl (C=O) groups is 1. The summed E-state index contributed by atoms with van der Waals surface area (Å²) < 4.78 is 2.11. The summed E-state index contributed by atoms with van der Waals surface area (Å²) in [5, 5.41) is 10.0. The van der Waals surface area contributed by atoms with Crippen molar-refractivity contribution >= 4 is 11.8 Å². The number of hydrogen-bond donors (Lipinski definition) is 2. The van der Waals surface area contributed by atoms with Crippen molar-refractivity contribution in [2.45, 2.75) is 63.3 Å². The fourth-order valence-electron chi connectivity index (χ4n) is 3.78. The number of carboxylic acid groups (broad SMARTS) is 1. The third-order valence-corrected chi connectivity index (χ3v) is 5.45. The van der Waals surface area contributed by atoms with Crippen LogP contribution in [0.5, 0.6) is 0 Å². The number of pyridine rings is 1. The molecule has 2 heterocycles. The van der Waals surface area contributed by atoms with Gasteiger partial charge in [-0.3, -0.25) is 4.79 Å². The molecule has 0 spiro atoms. The molecule has 25 heavy (non-hydrogen) atoms. The summed E-state index contributed by atoms with van der Waals surface area (Å²) in [6.07, 6.45) is 12.3. The average Bonchev–Trinajstić information content (AvgIpc) is 3.12. The number of nitrogens with zero attached hydrogens (tertiary/aromatic N) is 3. The molecule has 0 bridgehead atoms. The van der Waals surface area contributed by atoms with Crippen LogP contribution in [0, 0.1) is 0 Å². The number of carboxylic acids is 1. The minimum atomic E-state index is -1.04. The Morgan fingerprint density at radius 1 is 1.32 bits per heavy atom. The van der Waals surface area contributed by atoms with Crippen LogP contribution in [0.1, 0.15) is 62.7 Å². The highest BCUT2D eigenvalue weighted by atomic mass is 16.4. The normalized spacial score (nSPS) is 18.0. The molecule has 1 aliphatic carbocycles. The third kappa shape index (κ3) is 3.52. The van der Waals surface area contributed by atoms with Crippen molar-refractivity contribution in [2.75, 3.05) is 5.73 Å². The number of rotatable bonds is 6. The zero-order chi connectivity index (χ0) is 17.9. The second-order valence-electron chi connectivity index (χ2n) is 7.01. The molecule has 0 saturated heterocycles. The van der Waals surface area contributed by atoms with Crippen molar-refractivity contribution < 1.29 is 9.90 Å². The molecule has 0 unspecified atom stereocenters. The molecule has 3 N–H and O–H groups in total. The Morgan fingerprint density at radius 3 is 2.68 bits per heavy atom. The lowest BCUT2D eigenvalue weighted by atomic mass is 9.77. The van der Waals surface area contributed by atoms with Crippen LogP contribution in [0.15, 0.2) is 30.9 Å². The zero-order valence-electron chi connectivity index (χ0n) is 14.7. The highest BCUT2D eigenvalue weighted by molar-refractivity contribution is 5.81. The van der Waals surface area contributed by atoms with Crippen LogP contribution in [-0.4, -0.2) is 25.6 Å². The zero-order valence-corrected chi connectivity index (χ0v) is 14.7. The Morgan fingerprint density at radius 2 is 2.08 bits per heavy atom. The highest BCUT2D eigenvalue weighted by Gasteiger charge is 2.41. The Hall–Kier alpha value is -2.37. The molecule has 0 aliphatic heterocycles. The summed E-state index contributed by atoms with van der Waals surface area (Å²) in [6, 6.07) is 3.99.